The molecule has 7 heteroatoms. The molecule has 20 heavy (non-hydrogen) atoms. The van der Waals surface area contributed by atoms with Crippen LogP contribution in [0.25, 0.3) is 0 Å². The Labute approximate surface area is 121 Å². The van der Waals surface area contributed by atoms with E-state index in [0.29, 0.717) is 30.2 Å². The molecule has 0 aliphatic heterocycles. The molecule has 0 aliphatic rings. The van der Waals surface area contributed by atoms with Crippen LogP contribution < -0.4 is 11.1 Å². The molecule has 0 fully saturated rings. The molecule has 0 radical (unpaired) electrons. The quantitative estimate of drug-likeness (QED) is 0.635. The second-order valence-corrected chi connectivity index (χ2v) is 4.66. The highest BCUT2D eigenvalue weighted by atomic mass is 35.5. The zero-order chi connectivity index (χ0) is 15.1. The van der Waals surface area contributed by atoms with Crippen LogP contribution in [0.5, 0.6) is 0 Å². The Morgan fingerprint density at radius 2 is 2.20 bits per heavy atom. The molecule has 0 spiro atoms. The number of ether oxygens (including phenoxy) is 1. The van der Waals surface area contributed by atoms with Crippen molar-refractivity contribution >= 4 is 29.2 Å². The Bertz CT molecular complexity index is 493. The van der Waals surface area contributed by atoms with Crippen LogP contribution in [-0.4, -0.2) is 36.7 Å². The first-order valence-corrected chi connectivity index (χ1v) is 6.41. The number of hydrogen-bond acceptors (Lipinski definition) is 4. The Hall–Kier alpha value is -1.79. The van der Waals surface area contributed by atoms with Crippen molar-refractivity contribution in [2.75, 3.05) is 19.0 Å². The fraction of sp³-hybridized carbons (Fsp3) is 0.385. The number of hydrogen-bond donors (Lipinski definition) is 3. The Kier molecular flexibility index (Phi) is 6.27. The van der Waals surface area contributed by atoms with Gasteiger partial charge < -0.3 is 20.9 Å². The molecule has 0 bridgehead atoms. The number of carbonyl (C=O) groups excluding carboxylic acids is 1. The summed E-state index contributed by atoms with van der Waals surface area (Å²) in [7, 11) is 1.55. The maximum absolute atomic E-state index is 11.3. The maximum atomic E-state index is 11.3. The summed E-state index contributed by atoms with van der Waals surface area (Å²) in [6, 6.07) is 3.62. The van der Waals surface area contributed by atoms with Gasteiger partial charge in [-0.1, -0.05) is 11.6 Å². The zero-order valence-corrected chi connectivity index (χ0v) is 11.8. The number of benzene rings is 1. The first-order valence-electron chi connectivity index (χ1n) is 6.03. The molecule has 6 nitrogen and oxygen atoms in total. The summed E-state index contributed by atoms with van der Waals surface area (Å²) in [5.74, 6) is -1.67. The molecule has 4 N–H and O–H groups in total. The summed E-state index contributed by atoms with van der Waals surface area (Å²) in [5, 5.41) is 12.4. The first-order chi connectivity index (χ1) is 9.45. The lowest BCUT2D eigenvalue weighted by atomic mass is 10.1. The van der Waals surface area contributed by atoms with Crippen LogP contribution in [0.15, 0.2) is 18.2 Å². The van der Waals surface area contributed by atoms with Crippen molar-refractivity contribution in [3.63, 3.8) is 0 Å². The average Bonchev–Trinajstić information content (AvgIpc) is 2.37. The van der Waals surface area contributed by atoms with E-state index in [2.05, 4.69) is 5.32 Å². The third kappa shape index (κ3) is 4.71. The van der Waals surface area contributed by atoms with Crippen LogP contribution >= 0.6 is 11.6 Å². The van der Waals surface area contributed by atoms with Crippen LogP contribution in [0, 0.1) is 0 Å². The highest BCUT2D eigenvalue weighted by Crippen LogP contribution is 2.22. The predicted octanol–water partition coefficient (Wildman–Crippen LogP) is 1.73. The second-order valence-electron chi connectivity index (χ2n) is 4.22. The number of anilines is 1. The molecular weight excluding hydrogens is 284 g/mol. The fourth-order valence-electron chi connectivity index (χ4n) is 1.73. The minimum Gasteiger partial charge on any atom is -0.480 e. The van der Waals surface area contributed by atoms with Gasteiger partial charge in [0.25, 0.3) is 5.91 Å². The van der Waals surface area contributed by atoms with Crippen LogP contribution in [-0.2, 0) is 9.53 Å². The van der Waals surface area contributed by atoms with E-state index in [-0.39, 0.29) is 5.56 Å². The number of primary amides is 1. The van der Waals surface area contributed by atoms with Crippen molar-refractivity contribution in [3.8, 4) is 0 Å². The number of carbonyl (C=O) groups is 2. The van der Waals surface area contributed by atoms with Crippen molar-refractivity contribution in [1.82, 2.24) is 0 Å². The molecule has 110 valence electrons. The average molecular weight is 301 g/mol. The molecule has 1 atom stereocenters. The number of methoxy groups -OCH3 is 1. The van der Waals surface area contributed by atoms with Crippen molar-refractivity contribution in [2.45, 2.75) is 18.9 Å². The fourth-order valence-corrected chi connectivity index (χ4v) is 1.90. The predicted molar refractivity (Wildman–Crippen MR) is 76.1 cm³/mol. The smallest absolute Gasteiger partial charge is 0.326 e. The molecule has 0 heterocycles. The topological polar surface area (TPSA) is 102 Å². The van der Waals surface area contributed by atoms with E-state index in [9.17, 15) is 14.7 Å². The lowest BCUT2D eigenvalue weighted by molar-refractivity contribution is -0.138. The number of nitrogens with one attached hydrogen (secondary N) is 1. The van der Waals surface area contributed by atoms with Crippen molar-refractivity contribution < 1.29 is 19.4 Å². The molecule has 1 amide bonds. The van der Waals surface area contributed by atoms with Gasteiger partial charge in [0.05, 0.1) is 5.56 Å². The van der Waals surface area contributed by atoms with Gasteiger partial charge in [0.2, 0.25) is 0 Å². The van der Waals surface area contributed by atoms with Gasteiger partial charge >= 0.3 is 5.97 Å². The number of carboxylic acid groups (broad SMARTS) is 1. The van der Waals surface area contributed by atoms with E-state index < -0.39 is 17.9 Å². The molecule has 1 aromatic rings. The van der Waals surface area contributed by atoms with Gasteiger partial charge in [0.15, 0.2) is 0 Å². The summed E-state index contributed by atoms with van der Waals surface area (Å²) >= 11 is 5.85. The SMILES string of the molecule is COCCCC(Nc1cc(Cl)ccc1C(N)=O)C(=O)O. The molecule has 1 unspecified atom stereocenters. The molecule has 0 aromatic heterocycles. The van der Waals surface area contributed by atoms with Crippen molar-refractivity contribution in [3.05, 3.63) is 28.8 Å². The van der Waals surface area contributed by atoms with Crippen molar-refractivity contribution in [1.29, 1.82) is 0 Å². The number of carboxylic acids is 1. The number of aliphatic carboxylic acids is 1. The Morgan fingerprint density at radius 1 is 1.50 bits per heavy atom. The van der Waals surface area contributed by atoms with Crippen LogP contribution in [0.3, 0.4) is 0 Å². The zero-order valence-electron chi connectivity index (χ0n) is 11.1. The van der Waals surface area contributed by atoms with Gasteiger partial charge in [0, 0.05) is 24.4 Å². The third-order valence-electron chi connectivity index (χ3n) is 2.72. The largest absolute Gasteiger partial charge is 0.480 e. The molecular formula is C13H17ClN2O4. The highest BCUT2D eigenvalue weighted by molar-refractivity contribution is 6.31. The summed E-state index contributed by atoms with van der Waals surface area (Å²) in [5.41, 5.74) is 5.76. The molecule has 0 saturated heterocycles. The van der Waals surface area contributed by atoms with E-state index in [1.165, 1.54) is 18.2 Å². The number of halogens is 1. The monoisotopic (exact) mass is 300 g/mol. The van der Waals surface area contributed by atoms with Gasteiger partial charge in [-0.05, 0) is 31.0 Å². The summed E-state index contributed by atoms with van der Waals surface area (Å²) < 4.78 is 4.89. The maximum Gasteiger partial charge on any atom is 0.326 e. The van der Waals surface area contributed by atoms with Gasteiger partial charge in [-0.25, -0.2) is 4.79 Å². The Morgan fingerprint density at radius 3 is 2.75 bits per heavy atom. The second kappa shape index (κ2) is 7.72. The summed E-state index contributed by atoms with van der Waals surface area (Å²) in [4.78, 5) is 22.5. The van der Waals surface area contributed by atoms with Crippen LogP contribution in [0.1, 0.15) is 23.2 Å². The van der Waals surface area contributed by atoms with E-state index in [1.807, 2.05) is 0 Å². The summed E-state index contributed by atoms with van der Waals surface area (Å²) in [6.45, 7) is 0.462. The highest BCUT2D eigenvalue weighted by Gasteiger charge is 2.19. The van der Waals surface area contributed by atoms with E-state index in [4.69, 9.17) is 22.1 Å². The molecule has 1 aromatic carbocycles. The van der Waals surface area contributed by atoms with Gasteiger partial charge in [-0.2, -0.15) is 0 Å². The normalized spacial score (nSPS) is 11.9. The Balaban J connectivity index is 2.89. The standard InChI is InChI=1S/C13H17ClN2O4/c1-20-6-2-3-10(13(18)19)16-11-7-8(14)4-5-9(11)12(15)17/h4-5,7,10,16H,2-3,6H2,1H3,(H2,15,17)(H,18,19). The van der Waals surface area contributed by atoms with Gasteiger partial charge in [-0.15, -0.1) is 0 Å². The lowest BCUT2D eigenvalue weighted by Gasteiger charge is -2.17. The van der Waals surface area contributed by atoms with Gasteiger partial charge in [-0.3, -0.25) is 4.79 Å². The lowest BCUT2D eigenvalue weighted by Crippen LogP contribution is -2.30. The van der Waals surface area contributed by atoms with Crippen molar-refractivity contribution in [2.24, 2.45) is 5.73 Å². The number of amides is 1. The van der Waals surface area contributed by atoms with Gasteiger partial charge in [0.1, 0.15) is 6.04 Å². The number of rotatable bonds is 8. The minimum atomic E-state index is -1.02. The molecule has 0 saturated carbocycles. The first kappa shape index (κ1) is 16.3. The summed E-state index contributed by atoms with van der Waals surface area (Å²) in [6.07, 6.45) is 0.931. The molecule has 0 aliphatic carbocycles. The van der Waals surface area contributed by atoms with Crippen LogP contribution in [0.2, 0.25) is 5.02 Å². The van der Waals surface area contributed by atoms with E-state index in [1.54, 1.807) is 7.11 Å². The number of nitrogens with two attached hydrogens (primary N) is 1. The van der Waals surface area contributed by atoms with E-state index >= 15 is 0 Å². The molecule has 1 rings (SSSR count). The minimum absolute atomic E-state index is 0.201. The third-order valence-corrected chi connectivity index (χ3v) is 2.95. The van der Waals surface area contributed by atoms with Crippen LogP contribution in [0.4, 0.5) is 5.69 Å². The van der Waals surface area contributed by atoms with E-state index in [0.717, 1.165) is 0 Å².